The van der Waals surface area contributed by atoms with Crippen molar-refractivity contribution < 1.29 is 14.3 Å². The van der Waals surface area contributed by atoms with Crippen LogP contribution in [0.5, 0.6) is 5.75 Å². The van der Waals surface area contributed by atoms with Crippen LogP contribution >= 0.6 is 11.6 Å². The highest BCUT2D eigenvalue weighted by molar-refractivity contribution is 6.32. The molecular formula is C20H28ClNO3. The molecule has 1 N–H and O–H groups in total. The summed E-state index contributed by atoms with van der Waals surface area (Å²) in [5, 5.41) is 3.92. The SMILES string of the molecule is CCCC1(C(=O)c2ccc(Cl)c(OCC3CCOCC3)c2)CCNC1. The monoisotopic (exact) mass is 365 g/mol. The summed E-state index contributed by atoms with van der Waals surface area (Å²) in [5.41, 5.74) is 0.434. The van der Waals surface area contributed by atoms with Crippen LogP contribution in [0.4, 0.5) is 0 Å². The fourth-order valence-electron chi connectivity index (χ4n) is 3.93. The molecule has 2 aliphatic heterocycles. The molecule has 2 fully saturated rings. The summed E-state index contributed by atoms with van der Waals surface area (Å²) in [6.45, 7) is 6.03. The predicted molar refractivity (Wildman–Crippen MR) is 99.6 cm³/mol. The second-order valence-electron chi connectivity index (χ2n) is 7.30. The minimum absolute atomic E-state index is 0.215. The Morgan fingerprint density at radius 1 is 1.40 bits per heavy atom. The van der Waals surface area contributed by atoms with Gasteiger partial charge in [-0.05, 0) is 56.3 Å². The molecule has 4 nitrogen and oxygen atoms in total. The molecule has 2 aliphatic rings. The van der Waals surface area contributed by atoms with Gasteiger partial charge in [0.15, 0.2) is 5.78 Å². The van der Waals surface area contributed by atoms with Crippen molar-refractivity contribution >= 4 is 17.4 Å². The van der Waals surface area contributed by atoms with E-state index in [1.54, 1.807) is 6.07 Å². The molecule has 25 heavy (non-hydrogen) atoms. The van der Waals surface area contributed by atoms with Crippen LogP contribution in [0.2, 0.25) is 5.02 Å². The molecule has 5 heteroatoms. The summed E-state index contributed by atoms with van der Waals surface area (Å²) in [6.07, 6.45) is 4.86. The van der Waals surface area contributed by atoms with Gasteiger partial charge in [0.2, 0.25) is 0 Å². The Kier molecular flexibility index (Phi) is 6.37. The zero-order valence-electron chi connectivity index (χ0n) is 15.0. The molecule has 1 atom stereocenters. The molecule has 0 saturated carbocycles. The number of ether oxygens (including phenoxy) is 2. The first kappa shape index (κ1) is 18.7. The average Bonchev–Trinajstić information content (AvgIpc) is 3.11. The highest BCUT2D eigenvalue weighted by atomic mass is 35.5. The van der Waals surface area contributed by atoms with Crippen LogP contribution in [0.15, 0.2) is 18.2 Å². The molecule has 1 aromatic carbocycles. The lowest BCUT2D eigenvalue weighted by molar-refractivity contribution is 0.0497. The van der Waals surface area contributed by atoms with E-state index in [4.69, 9.17) is 21.1 Å². The smallest absolute Gasteiger partial charge is 0.170 e. The Labute approximate surface area is 155 Å². The quantitative estimate of drug-likeness (QED) is 0.739. The number of halogens is 1. The van der Waals surface area contributed by atoms with Gasteiger partial charge in [0.1, 0.15) is 5.75 Å². The van der Waals surface area contributed by atoms with Gasteiger partial charge in [0.05, 0.1) is 11.6 Å². The minimum Gasteiger partial charge on any atom is -0.492 e. The van der Waals surface area contributed by atoms with Gasteiger partial charge in [-0.15, -0.1) is 0 Å². The lowest BCUT2D eigenvalue weighted by Gasteiger charge is -2.26. The maximum atomic E-state index is 13.2. The van der Waals surface area contributed by atoms with Crippen molar-refractivity contribution in [1.82, 2.24) is 5.32 Å². The summed E-state index contributed by atoms with van der Waals surface area (Å²) in [6, 6.07) is 5.46. The molecule has 1 unspecified atom stereocenters. The number of ketones is 1. The van der Waals surface area contributed by atoms with Gasteiger partial charge in [-0.2, -0.15) is 0 Å². The normalized spacial score (nSPS) is 24.4. The Balaban J connectivity index is 1.72. The number of hydrogen-bond acceptors (Lipinski definition) is 4. The van der Waals surface area contributed by atoms with Crippen LogP contribution in [-0.2, 0) is 4.74 Å². The Bertz CT molecular complexity index is 593. The van der Waals surface area contributed by atoms with Gasteiger partial charge < -0.3 is 14.8 Å². The largest absolute Gasteiger partial charge is 0.492 e. The number of rotatable bonds is 7. The van der Waals surface area contributed by atoms with Gasteiger partial charge in [0.25, 0.3) is 0 Å². The number of nitrogens with one attached hydrogen (secondary N) is 1. The molecular weight excluding hydrogens is 338 g/mol. The zero-order valence-corrected chi connectivity index (χ0v) is 15.7. The molecule has 2 saturated heterocycles. The standard InChI is InChI=1S/C20H28ClNO3/c1-2-7-20(8-9-22-14-20)19(23)16-3-4-17(21)18(12-16)25-13-15-5-10-24-11-6-15/h3-4,12,15,22H,2,5-11,13-14H2,1H3. The van der Waals surface area contributed by atoms with Crippen LogP contribution < -0.4 is 10.1 Å². The first-order chi connectivity index (χ1) is 12.1. The Morgan fingerprint density at radius 3 is 2.88 bits per heavy atom. The summed E-state index contributed by atoms with van der Waals surface area (Å²) in [5.74, 6) is 1.33. The van der Waals surface area contributed by atoms with Gasteiger partial charge in [0, 0.05) is 30.7 Å². The molecule has 0 spiro atoms. The second kappa shape index (κ2) is 8.52. The average molecular weight is 366 g/mol. The molecule has 0 radical (unpaired) electrons. The maximum absolute atomic E-state index is 13.2. The number of carbonyl (C=O) groups excluding carboxylic acids is 1. The minimum atomic E-state index is -0.277. The van der Waals surface area contributed by atoms with E-state index in [0.29, 0.717) is 28.9 Å². The first-order valence-corrected chi connectivity index (χ1v) is 9.78. The van der Waals surface area contributed by atoms with Gasteiger partial charge in [-0.3, -0.25) is 4.79 Å². The van der Waals surface area contributed by atoms with Gasteiger partial charge in [-0.25, -0.2) is 0 Å². The van der Waals surface area contributed by atoms with Crippen molar-refractivity contribution in [1.29, 1.82) is 0 Å². The van der Waals surface area contributed by atoms with E-state index in [-0.39, 0.29) is 11.2 Å². The van der Waals surface area contributed by atoms with E-state index in [1.165, 1.54) is 0 Å². The van der Waals surface area contributed by atoms with Crippen LogP contribution in [0.3, 0.4) is 0 Å². The Morgan fingerprint density at radius 2 is 2.20 bits per heavy atom. The van der Waals surface area contributed by atoms with E-state index >= 15 is 0 Å². The summed E-state index contributed by atoms with van der Waals surface area (Å²) in [4.78, 5) is 13.2. The molecule has 0 amide bonds. The molecule has 0 aromatic heterocycles. The number of Topliss-reactive ketones (excluding diaryl/α,β-unsaturated/α-hetero) is 1. The van der Waals surface area contributed by atoms with Gasteiger partial charge in [-0.1, -0.05) is 24.9 Å². The lowest BCUT2D eigenvalue weighted by Crippen LogP contribution is -2.33. The molecule has 0 bridgehead atoms. The van der Waals surface area contributed by atoms with Gasteiger partial charge >= 0.3 is 0 Å². The van der Waals surface area contributed by atoms with Crippen molar-refractivity contribution in [3.63, 3.8) is 0 Å². The molecule has 3 rings (SSSR count). The third kappa shape index (κ3) is 4.36. The van der Waals surface area contributed by atoms with Crippen molar-refractivity contribution in [2.45, 2.75) is 39.0 Å². The highest BCUT2D eigenvalue weighted by Crippen LogP contribution is 2.37. The summed E-state index contributed by atoms with van der Waals surface area (Å²) in [7, 11) is 0. The van der Waals surface area contributed by atoms with Crippen LogP contribution in [0.25, 0.3) is 0 Å². The molecule has 2 heterocycles. The number of carbonyl (C=O) groups is 1. The van der Waals surface area contributed by atoms with Crippen LogP contribution in [-0.4, -0.2) is 38.7 Å². The summed E-state index contributed by atoms with van der Waals surface area (Å²) >= 11 is 6.30. The Hall–Kier alpha value is -1.10. The third-order valence-electron chi connectivity index (χ3n) is 5.46. The lowest BCUT2D eigenvalue weighted by atomic mass is 9.76. The topological polar surface area (TPSA) is 47.6 Å². The number of hydrogen-bond donors (Lipinski definition) is 1. The van der Waals surface area contributed by atoms with Crippen LogP contribution in [0.1, 0.15) is 49.4 Å². The highest BCUT2D eigenvalue weighted by Gasteiger charge is 2.40. The fraction of sp³-hybridized carbons (Fsp3) is 0.650. The van der Waals surface area contributed by atoms with Crippen molar-refractivity contribution in [2.75, 3.05) is 32.9 Å². The predicted octanol–water partition coefficient (Wildman–Crippen LogP) is 4.11. The van der Waals surface area contributed by atoms with E-state index < -0.39 is 0 Å². The molecule has 138 valence electrons. The maximum Gasteiger partial charge on any atom is 0.170 e. The first-order valence-electron chi connectivity index (χ1n) is 9.40. The second-order valence-corrected chi connectivity index (χ2v) is 7.71. The molecule has 1 aromatic rings. The fourth-order valence-corrected chi connectivity index (χ4v) is 4.10. The van der Waals surface area contributed by atoms with Crippen molar-refractivity contribution in [3.05, 3.63) is 28.8 Å². The van der Waals surface area contributed by atoms with Crippen LogP contribution in [0, 0.1) is 11.3 Å². The van der Waals surface area contributed by atoms with Crippen molar-refractivity contribution in [3.8, 4) is 5.75 Å². The van der Waals surface area contributed by atoms with Crippen molar-refractivity contribution in [2.24, 2.45) is 11.3 Å². The van der Waals surface area contributed by atoms with E-state index in [0.717, 1.165) is 58.4 Å². The number of benzene rings is 1. The zero-order chi connectivity index (χ0) is 17.7. The van der Waals surface area contributed by atoms with E-state index in [1.807, 2.05) is 12.1 Å². The molecule has 0 aliphatic carbocycles. The summed E-state index contributed by atoms with van der Waals surface area (Å²) < 4.78 is 11.4. The van der Waals surface area contributed by atoms with E-state index in [2.05, 4.69) is 12.2 Å². The third-order valence-corrected chi connectivity index (χ3v) is 5.77. The van der Waals surface area contributed by atoms with E-state index in [9.17, 15) is 4.79 Å².